The van der Waals surface area contributed by atoms with Crippen molar-refractivity contribution < 1.29 is 0 Å². The molecule has 0 unspecified atom stereocenters. The van der Waals surface area contributed by atoms with Gasteiger partial charge in [-0.3, -0.25) is 0 Å². The number of nitrogens with zero attached hydrogens (tertiary/aromatic N) is 3. The van der Waals surface area contributed by atoms with Crippen LogP contribution in [-0.2, 0) is 0 Å². The minimum absolute atomic E-state index is 0.884. The van der Waals surface area contributed by atoms with Gasteiger partial charge in [-0.15, -0.1) is 0 Å². The first-order valence-electron chi connectivity index (χ1n) is 16.0. The minimum atomic E-state index is 0.884. The second-order valence-electron chi connectivity index (χ2n) is 12.2. The molecule has 9 aromatic rings. The number of hydrogen-bond donors (Lipinski definition) is 0. The molecule has 0 spiro atoms. The van der Waals surface area contributed by atoms with Crippen LogP contribution in [0.2, 0.25) is 0 Å². The fraction of sp³-hybridized carbons (Fsp3) is 0. The van der Waals surface area contributed by atoms with Gasteiger partial charge in [-0.2, -0.15) is 0 Å². The highest BCUT2D eigenvalue weighted by molar-refractivity contribution is 6.18. The van der Waals surface area contributed by atoms with Crippen LogP contribution in [0, 0.1) is 0 Å². The molecule has 47 heavy (non-hydrogen) atoms. The quantitative estimate of drug-likeness (QED) is 0.203. The lowest BCUT2D eigenvalue weighted by Gasteiger charge is -2.34. The molecule has 10 rings (SSSR count). The molecule has 1 aliphatic heterocycles. The Labute approximate surface area is 272 Å². The van der Waals surface area contributed by atoms with Crippen LogP contribution >= 0.6 is 0 Å². The normalized spacial score (nSPS) is 12.2. The van der Waals surface area contributed by atoms with Gasteiger partial charge in [-0.05, 0) is 69.6 Å². The van der Waals surface area contributed by atoms with Gasteiger partial charge in [0.1, 0.15) is 0 Å². The van der Waals surface area contributed by atoms with Gasteiger partial charge >= 0.3 is 0 Å². The molecule has 0 amide bonds. The summed E-state index contributed by atoms with van der Waals surface area (Å²) in [6.45, 7) is 0. The predicted molar refractivity (Wildman–Crippen MR) is 197 cm³/mol. The summed E-state index contributed by atoms with van der Waals surface area (Å²) in [5.41, 5.74) is 11.7. The van der Waals surface area contributed by atoms with E-state index in [9.17, 15) is 0 Å². The van der Waals surface area contributed by atoms with Crippen LogP contribution in [0.1, 0.15) is 0 Å². The summed E-state index contributed by atoms with van der Waals surface area (Å²) in [6.07, 6.45) is 0. The van der Waals surface area contributed by atoms with E-state index in [4.69, 9.17) is 9.97 Å². The highest BCUT2D eigenvalue weighted by Crippen LogP contribution is 2.53. The smallest absolute Gasteiger partial charge is 0.0979 e. The van der Waals surface area contributed by atoms with E-state index in [1.807, 2.05) is 30.3 Å². The largest absolute Gasteiger partial charge is 0.309 e. The monoisotopic (exact) mass is 597 g/mol. The lowest BCUT2D eigenvalue weighted by molar-refractivity contribution is 1.29. The maximum absolute atomic E-state index is 5.27. The van der Waals surface area contributed by atoms with Crippen molar-refractivity contribution in [3.05, 3.63) is 164 Å². The molecule has 0 radical (unpaired) electrons. The third-order valence-electron chi connectivity index (χ3n) is 9.53. The van der Waals surface area contributed by atoms with Crippen LogP contribution in [0.4, 0.5) is 17.1 Å². The van der Waals surface area contributed by atoms with E-state index >= 15 is 0 Å². The van der Waals surface area contributed by atoms with E-state index in [-0.39, 0.29) is 0 Å². The van der Waals surface area contributed by atoms with Crippen LogP contribution in [0.15, 0.2) is 164 Å². The Hall–Kier alpha value is -6.32. The molecule has 218 valence electrons. The molecule has 0 bridgehead atoms. The Morgan fingerprint density at radius 3 is 1.81 bits per heavy atom. The summed E-state index contributed by atoms with van der Waals surface area (Å²) in [5.74, 6) is 0. The maximum Gasteiger partial charge on any atom is 0.0979 e. The molecule has 0 aliphatic carbocycles. The van der Waals surface area contributed by atoms with Crippen molar-refractivity contribution in [1.29, 1.82) is 0 Å². The Balaban J connectivity index is 1.28. The van der Waals surface area contributed by atoms with Gasteiger partial charge < -0.3 is 4.90 Å². The van der Waals surface area contributed by atoms with Crippen molar-refractivity contribution in [3.8, 4) is 33.6 Å². The van der Waals surface area contributed by atoms with Crippen molar-refractivity contribution in [1.82, 2.24) is 9.97 Å². The van der Waals surface area contributed by atoms with Crippen molar-refractivity contribution in [2.75, 3.05) is 4.90 Å². The van der Waals surface area contributed by atoms with E-state index in [1.54, 1.807) is 0 Å². The van der Waals surface area contributed by atoms with Crippen LogP contribution in [0.5, 0.6) is 0 Å². The van der Waals surface area contributed by atoms with E-state index < -0.39 is 0 Å². The molecule has 0 saturated heterocycles. The van der Waals surface area contributed by atoms with Crippen molar-refractivity contribution in [3.63, 3.8) is 0 Å². The maximum atomic E-state index is 5.27. The summed E-state index contributed by atoms with van der Waals surface area (Å²) < 4.78 is 0. The van der Waals surface area contributed by atoms with Gasteiger partial charge in [0.25, 0.3) is 0 Å². The van der Waals surface area contributed by atoms with Gasteiger partial charge in [0.15, 0.2) is 0 Å². The summed E-state index contributed by atoms with van der Waals surface area (Å²) in [7, 11) is 0. The topological polar surface area (TPSA) is 29.0 Å². The Morgan fingerprint density at radius 1 is 0.362 bits per heavy atom. The SMILES string of the molecule is c1ccc(-c2nc3ccccc3nc2-c2ccc(N3c4cc5ccccc5cc4-c4cccc5cccc3c45)c3ccccc23)cc1. The van der Waals surface area contributed by atoms with E-state index in [1.165, 1.54) is 44.0 Å². The molecular weight excluding hydrogens is 571 g/mol. The number of fused-ring (bicyclic) bond motifs is 5. The fourth-order valence-corrected chi connectivity index (χ4v) is 7.42. The van der Waals surface area contributed by atoms with Crippen LogP contribution in [0.3, 0.4) is 0 Å². The van der Waals surface area contributed by atoms with E-state index in [2.05, 4.69) is 138 Å². The molecule has 0 fully saturated rings. The van der Waals surface area contributed by atoms with Crippen molar-refractivity contribution in [2.24, 2.45) is 0 Å². The van der Waals surface area contributed by atoms with Crippen molar-refractivity contribution >= 4 is 60.4 Å². The Kier molecular flexibility index (Phi) is 5.57. The lowest BCUT2D eigenvalue weighted by Crippen LogP contribution is -2.15. The van der Waals surface area contributed by atoms with Gasteiger partial charge in [-0.25, -0.2) is 9.97 Å². The molecular formula is C44H27N3. The van der Waals surface area contributed by atoms with Crippen LogP contribution in [-0.4, -0.2) is 9.97 Å². The second kappa shape index (κ2) is 10.1. The third kappa shape index (κ3) is 3.93. The first-order valence-corrected chi connectivity index (χ1v) is 16.0. The van der Waals surface area contributed by atoms with Gasteiger partial charge in [0.2, 0.25) is 0 Å². The molecule has 0 N–H and O–H groups in total. The second-order valence-corrected chi connectivity index (χ2v) is 12.2. The summed E-state index contributed by atoms with van der Waals surface area (Å²) >= 11 is 0. The molecule has 3 heteroatoms. The number of anilines is 3. The molecule has 2 heterocycles. The van der Waals surface area contributed by atoms with E-state index in [0.29, 0.717) is 0 Å². The molecule has 1 aromatic heterocycles. The average molecular weight is 598 g/mol. The molecule has 8 aromatic carbocycles. The average Bonchev–Trinajstić information content (AvgIpc) is 3.14. The van der Waals surface area contributed by atoms with Gasteiger partial charge in [-0.1, -0.05) is 121 Å². The zero-order valence-corrected chi connectivity index (χ0v) is 25.4. The molecule has 0 saturated carbocycles. The zero-order valence-electron chi connectivity index (χ0n) is 25.4. The molecule has 0 atom stereocenters. The predicted octanol–water partition coefficient (Wildman–Crippen LogP) is 11.9. The third-order valence-corrected chi connectivity index (χ3v) is 9.53. The summed E-state index contributed by atoms with van der Waals surface area (Å²) in [6, 6.07) is 58.5. The van der Waals surface area contributed by atoms with Crippen LogP contribution < -0.4 is 4.90 Å². The van der Waals surface area contributed by atoms with Gasteiger partial charge in [0, 0.05) is 27.5 Å². The van der Waals surface area contributed by atoms with Crippen molar-refractivity contribution in [2.45, 2.75) is 0 Å². The first-order chi connectivity index (χ1) is 23.3. The zero-order chi connectivity index (χ0) is 30.9. The van der Waals surface area contributed by atoms with Gasteiger partial charge in [0.05, 0.1) is 39.5 Å². The fourth-order valence-electron chi connectivity index (χ4n) is 7.42. The molecule has 3 nitrogen and oxygen atoms in total. The highest BCUT2D eigenvalue weighted by atomic mass is 15.2. The lowest BCUT2D eigenvalue weighted by atomic mass is 9.88. The summed E-state index contributed by atoms with van der Waals surface area (Å²) in [4.78, 5) is 12.9. The minimum Gasteiger partial charge on any atom is -0.309 e. The first kappa shape index (κ1) is 26.0. The number of aromatic nitrogens is 2. The number of para-hydroxylation sites is 2. The standard InChI is InChI=1S/C44H27N3/c1-2-12-29(13-3-1)43-44(46-38-22-9-8-21-37(38)45-43)35-24-25-39(33-19-7-6-18-32(33)35)47-40-23-11-17-28-16-10-20-34(42(28)40)36-26-30-14-4-5-15-31(30)27-41(36)47/h1-27H. The molecule has 1 aliphatic rings. The van der Waals surface area contributed by atoms with Crippen LogP contribution in [0.25, 0.3) is 77.0 Å². The highest BCUT2D eigenvalue weighted by Gasteiger charge is 2.28. The Morgan fingerprint density at radius 2 is 1.00 bits per heavy atom. The number of benzene rings is 8. The number of hydrogen-bond acceptors (Lipinski definition) is 3. The Bertz CT molecular complexity index is 2690. The summed E-state index contributed by atoms with van der Waals surface area (Å²) in [5, 5.41) is 7.28. The van der Waals surface area contributed by atoms with E-state index in [0.717, 1.165) is 50.0 Å². The number of rotatable bonds is 3.